The van der Waals surface area contributed by atoms with Gasteiger partial charge in [-0.2, -0.15) is 0 Å². The fourth-order valence-electron chi connectivity index (χ4n) is 2.51. The van der Waals surface area contributed by atoms with Crippen LogP contribution in [0.15, 0.2) is 34.0 Å². The van der Waals surface area contributed by atoms with Crippen LogP contribution in [0.3, 0.4) is 0 Å². The fraction of sp³-hybridized carbons (Fsp3) is 0.400. The number of benzene rings is 1. The van der Waals surface area contributed by atoms with Crippen LogP contribution in [0.25, 0.3) is 0 Å². The Morgan fingerprint density at radius 3 is 2.43 bits per heavy atom. The third kappa shape index (κ3) is 3.92. The number of nitrogens with one attached hydrogen (secondary N) is 1. The molecule has 2 aromatic rings. The van der Waals surface area contributed by atoms with Gasteiger partial charge in [-0.25, -0.2) is 13.1 Å². The predicted molar refractivity (Wildman–Crippen MR) is 80.7 cm³/mol. The maximum Gasteiger partial charge on any atom is 0.241 e. The van der Waals surface area contributed by atoms with E-state index < -0.39 is 10.0 Å². The SMILES string of the molecule is Cc1cc(C)c(S(=O)(=O)NCCCc2cnoc2)c(C)c1. The first-order valence-electron chi connectivity index (χ1n) is 6.86. The van der Waals surface area contributed by atoms with Crippen LogP contribution in [-0.2, 0) is 16.4 Å². The van der Waals surface area contributed by atoms with Crippen molar-refractivity contribution in [2.75, 3.05) is 6.54 Å². The van der Waals surface area contributed by atoms with E-state index in [1.165, 1.54) is 0 Å². The van der Waals surface area contributed by atoms with Gasteiger partial charge in [0.2, 0.25) is 10.0 Å². The second-order valence-electron chi connectivity index (χ2n) is 5.26. The number of hydrogen-bond acceptors (Lipinski definition) is 4. The lowest BCUT2D eigenvalue weighted by atomic mass is 10.1. The Balaban J connectivity index is 2.02. The van der Waals surface area contributed by atoms with Crippen molar-refractivity contribution in [1.29, 1.82) is 0 Å². The largest absolute Gasteiger partial charge is 0.364 e. The number of sulfonamides is 1. The van der Waals surface area contributed by atoms with E-state index in [1.807, 2.05) is 32.9 Å². The van der Waals surface area contributed by atoms with E-state index in [2.05, 4.69) is 9.88 Å². The normalized spacial score (nSPS) is 11.8. The molecular formula is C15H20N2O3S. The molecule has 0 aliphatic rings. The van der Waals surface area contributed by atoms with Crippen molar-refractivity contribution >= 4 is 10.0 Å². The molecule has 0 atom stereocenters. The van der Waals surface area contributed by atoms with Crippen LogP contribution in [0.5, 0.6) is 0 Å². The van der Waals surface area contributed by atoms with Crippen LogP contribution in [0.4, 0.5) is 0 Å². The Morgan fingerprint density at radius 2 is 1.86 bits per heavy atom. The molecule has 5 nitrogen and oxygen atoms in total. The molecule has 0 aliphatic carbocycles. The summed E-state index contributed by atoms with van der Waals surface area (Å²) in [6, 6.07) is 3.78. The van der Waals surface area contributed by atoms with Crippen molar-refractivity contribution in [2.24, 2.45) is 0 Å². The van der Waals surface area contributed by atoms with Gasteiger partial charge < -0.3 is 4.52 Å². The zero-order valence-electron chi connectivity index (χ0n) is 12.5. The fourth-order valence-corrected chi connectivity index (χ4v) is 4.04. The number of aromatic nitrogens is 1. The minimum Gasteiger partial charge on any atom is -0.364 e. The van der Waals surface area contributed by atoms with E-state index in [-0.39, 0.29) is 0 Å². The molecular weight excluding hydrogens is 288 g/mol. The summed E-state index contributed by atoms with van der Waals surface area (Å²) in [7, 11) is -3.47. The quantitative estimate of drug-likeness (QED) is 0.832. The smallest absolute Gasteiger partial charge is 0.241 e. The van der Waals surface area contributed by atoms with Crippen LogP contribution < -0.4 is 4.72 Å². The highest BCUT2D eigenvalue weighted by molar-refractivity contribution is 7.89. The molecule has 21 heavy (non-hydrogen) atoms. The topological polar surface area (TPSA) is 72.2 Å². The minimum absolute atomic E-state index is 0.387. The minimum atomic E-state index is -3.47. The van der Waals surface area contributed by atoms with Crippen molar-refractivity contribution in [3.05, 3.63) is 46.8 Å². The van der Waals surface area contributed by atoms with Crippen molar-refractivity contribution in [1.82, 2.24) is 9.88 Å². The molecule has 1 N–H and O–H groups in total. The van der Waals surface area contributed by atoms with Crippen molar-refractivity contribution < 1.29 is 12.9 Å². The molecule has 2 rings (SSSR count). The molecule has 0 aliphatic heterocycles. The van der Waals surface area contributed by atoms with Gasteiger partial charge in [-0.05, 0) is 44.7 Å². The third-order valence-corrected chi connectivity index (χ3v) is 5.06. The van der Waals surface area contributed by atoms with Gasteiger partial charge in [-0.1, -0.05) is 22.9 Å². The van der Waals surface area contributed by atoms with E-state index in [1.54, 1.807) is 12.5 Å². The van der Waals surface area contributed by atoms with Gasteiger partial charge >= 0.3 is 0 Å². The summed E-state index contributed by atoms with van der Waals surface area (Å²) in [6.07, 6.45) is 4.65. The Hall–Kier alpha value is -1.66. The molecule has 0 fully saturated rings. The monoisotopic (exact) mass is 308 g/mol. The first kappa shape index (κ1) is 15.7. The van der Waals surface area contributed by atoms with Crippen LogP contribution in [0, 0.1) is 20.8 Å². The first-order chi connectivity index (χ1) is 9.90. The van der Waals surface area contributed by atoms with Gasteiger partial charge in [-0.3, -0.25) is 0 Å². The second-order valence-corrected chi connectivity index (χ2v) is 6.97. The van der Waals surface area contributed by atoms with Gasteiger partial charge in [-0.15, -0.1) is 0 Å². The lowest BCUT2D eigenvalue weighted by Gasteiger charge is -2.13. The standard InChI is InChI=1S/C15H20N2O3S/c1-11-7-12(2)15(13(3)8-11)21(18,19)17-6-4-5-14-9-16-20-10-14/h7-10,17H,4-6H2,1-3H3. The Labute approximate surface area is 125 Å². The number of rotatable bonds is 6. The zero-order valence-corrected chi connectivity index (χ0v) is 13.3. The Bertz CT molecular complexity index is 684. The van der Waals surface area contributed by atoms with Gasteiger partial charge in [0, 0.05) is 12.1 Å². The molecule has 1 heterocycles. The average molecular weight is 308 g/mol. The average Bonchev–Trinajstić information content (AvgIpc) is 2.86. The highest BCUT2D eigenvalue weighted by Crippen LogP contribution is 2.21. The summed E-state index contributed by atoms with van der Waals surface area (Å²) in [4.78, 5) is 0.387. The van der Waals surface area contributed by atoms with Crippen molar-refractivity contribution in [3.8, 4) is 0 Å². The first-order valence-corrected chi connectivity index (χ1v) is 8.34. The van der Waals surface area contributed by atoms with Crippen molar-refractivity contribution in [3.63, 3.8) is 0 Å². The second kappa shape index (κ2) is 6.41. The molecule has 1 aromatic carbocycles. The van der Waals surface area contributed by atoms with Crippen LogP contribution in [0.2, 0.25) is 0 Å². The molecule has 0 spiro atoms. The zero-order chi connectivity index (χ0) is 15.5. The van der Waals surface area contributed by atoms with Crippen LogP contribution in [0.1, 0.15) is 28.7 Å². The van der Waals surface area contributed by atoms with Crippen LogP contribution in [-0.4, -0.2) is 20.1 Å². The number of nitrogens with zero attached hydrogens (tertiary/aromatic N) is 1. The van der Waals surface area contributed by atoms with Gasteiger partial charge in [0.25, 0.3) is 0 Å². The van der Waals surface area contributed by atoms with E-state index in [4.69, 9.17) is 4.52 Å². The molecule has 0 saturated heterocycles. The number of hydrogen-bond donors (Lipinski definition) is 1. The highest BCUT2D eigenvalue weighted by atomic mass is 32.2. The van der Waals surface area contributed by atoms with E-state index in [0.717, 1.165) is 28.7 Å². The summed E-state index contributed by atoms with van der Waals surface area (Å²) < 4.78 is 32.2. The van der Waals surface area contributed by atoms with E-state index >= 15 is 0 Å². The molecule has 0 unspecified atom stereocenters. The molecule has 0 radical (unpaired) electrons. The van der Waals surface area contributed by atoms with E-state index in [9.17, 15) is 8.42 Å². The van der Waals surface area contributed by atoms with Crippen molar-refractivity contribution in [2.45, 2.75) is 38.5 Å². The highest BCUT2D eigenvalue weighted by Gasteiger charge is 2.19. The van der Waals surface area contributed by atoms with E-state index in [0.29, 0.717) is 17.9 Å². The Kier molecular flexibility index (Phi) is 4.80. The maximum absolute atomic E-state index is 12.4. The predicted octanol–water partition coefficient (Wildman–Crippen LogP) is 2.51. The van der Waals surface area contributed by atoms with Gasteiger partial charge in [0.05, 0.1) is 11.1 Å². The lowest BCUT2D eigenvalue weighted by Crippen LogP contribution is -2.26. The van der Waals surface area contributed by atoms with Gasteiger partial charge in [0.1, 0.15) is 6.26 Å². The summed E-state index contributed by atoms with van der Waals surface area (Å²) in [5, 5.41) is 3.62. The molecule has 0 bridgehead atoms. The summed E-state index contributed by atoms with van der Waals surface area (Å²) >= 11 is 0. The Morgan fingerprint density at radius 1 is 1.19 bits per heavy atom. The molecule has 114 valence electrons. The van der Waals surface area contributed by atoms with Gasteiger partial charge in [0.15, 0.2) is 0 Å². The molecule has 6 heteroatoms. The summed E-state index contributed by atoms with van der Waals surface area (Å²) in [6.45, 7) is 6.00. The summed E-state index contributed by atoms with van der Waals surface area (Å²) in [5.41, 5.74) is 3.59. The molecule has 0 saturated carbocycles. The van der Waals surface area contributed by atoms with Crippen LogP contribution >= 0.6 is 0 Å². The molecule has 1 aromatic heterocycles. The summed E-state index contributed by atoms with van der Waals surface area (Å²) in [5.74, 6) is 0. The third-order valence-electron chi connectivity index (χ3n) is 3.29. The maximum atomic E-state index is 12.4. The molecule has 0 amide bonds. The number of aryl methyl sites for hydroxylation is 4. The lowest BCUT2D eigenvalue weighted by molar-refractivity contribution is 0.418.